The lowest BCUT2D eigenvalue weighted by Crippen LogP contribution is -2.11. The van der Waals surface area contributed by atoms with Gasteiger partial charge in [0.05, 0.1) is 17.2 Å². The largest absolute Gasteiger partial charge is 0.465 e. The van der Waals surface area contributed by atoms with Gasteiger partial charge in [0.15, 0.2) is 0 Å². The highest BCUT2D eigenvalue weighted by molar-refractivity contribution is 6.35. The van der Waals surface area contributed by atoms with Crippen molar-refractivity contribution in [3.05, 3.63) is 57.1 Å². The molecule has 2 aromatic rings. The molecule has 0 saturated carbocycles. The van der Waals surface area contributed by atoms with Gasteiger partial charge in [-0.1, -0.05) is 35.3 Å². The minimum atomic E-state index is -0.703. The van der Waals surface area contributed by atoms with Crippen LogP contribution in [0.5, 0.6) is 0 Å². The van der Waals surface area contributed by atoms with E-state index in [-0.39, 0.29) is 39.2 Å². The molecule has 24 heavy (non-hydrogen) atoms. The summed E-state index contributed by atoms with van der Waals surface area (Å²) in [7, 11) is 1.21. The van der Waals surface area contributed by atoms with Gasteiger partial charge in [0.25, 0.3) is 0 Å². The Balaban J connectivity index is 2.24. The zero-order valence-corrected chi connectivity index (χ0v) is 14.1. The molecule has 0 unspecified atom stereocenters. The van der Waals surface area contributed by atoms with Crippen LogP contribution >= 0.6 is 23.2 Å². The van der Waals surface area contributed by atoms with Gasteiger partial charge in [-0.2, -0.15) is 0 Å². The van der Waals surface area contributed by atoms with E-state index in [0.717, 1.165) is 0 Å². The molecule has 0 aromatic heterocycles. The van der Waals surface area contributed by atoms with E-state index in [1.807, 2.05) is 0 Å². The summed E-state index contributed by atoms with van der Waals surface area (Å²) >= 11 is 12.1. The molecule has 0 spiro atoms. The zero-order chi connectivity index (χ0) is 17.9. The van der Waals surface area contributed by atoms with Gasteiger partial charge >= 0.3 is 11.9 Å². The van der Waals surface area contributed by atoms with Crippen molar-refractivity contribution in [1.82, 2.24) is 0 Å². The number of nitrogen functional groups attached to an aromatic ring is 2. The molecule has 126 valence electrons. The monoisotopic (exact) mass is 368 g/mol. The maximum Gasteiger partial charge on any atom is 0.342 e. The Kier molecular flexibility index (Phi) is 5.54. The number of benzene rings is 2. The van der Waals surface area contributed by atoms with Gasteiger partial charge in [-0.25, -0.2) is 9.59 Å². The van der Waals surface area contributed by atoms with E-state index in [4.69, 9.17) is 39.4 Å². The molecule has 0 atom stereocenters. The van der Waals surface area contributed by atoms with Crippen LogP contribution in [-0.4, -0.2) is 19.0 Å². The molecular weight excluding hydrogens is 355 g/mol. The molecule has 0 aliphatic heterocycles. The molecule has 0 radical (unpaired) electrons. The van der Waals surface area contributed by atoms with Crippen LogP contribution in [0.2, 0.25) is 10.0 Å². The van der Waals surface area contributed by atoms with Crippen LogP contribution in [0.3, 0.4) is 0 Å². The quantitative estimate of drug-likeness (QED) is 0.633. The number of anilines is 2. The molecule has 0 amide bonds. The zero-order valence-electron chi connectivity index (χ0n) is 12.6. The molecular formula is C16H14Cl2N2O4. The second kappa shape index (κ2) is 7.42. The fourth-order valence-corrected chi connectivity index (χ4v) is 2.59. The van der Waals surface area contributed by atoms with Crippen molar-refractivity contribution in [2.45, 2.75) is 6.61 Å². The molecule has 4 N–H and O–H groups in total. The molecule has 0 bridgehead atoms. The van der Waals surface area contributed by atoms with Gasteiger partial charge < -0.3 is 20.9 Å². The molecule has 2 aromatic carbocycles. The highest BCUT2D eigenvalue weighted by atomic mass is 35.5. The molecule has 0 saturated heterocycles. The standard InChI is InChI=1S/C16H14Cl2N2O4/c1-23-15(21)13-11(20)6-5-8(14(13)18)7-24-16(22)12-9(17)3-2-4-10(12)19/h2-6H,7,19-20H2,1H3. The average Bonchev–Trinajstić information content (AvgIpc) is 2.53. The summed E-state index contributed by atoms with van der Waals surface area (Å²) < 4.78 is 9.82. The van der Waals surface area contributed by atoms with Crippen LogP contribution in [0.25, 0.3) is 0 Å². The first-order chi connectivity index (χ1) is 11.4. The fraction of sp³-hybridized carbons (Fsp3) is 0.125. The maximum atomic E-state index is 12.2. The smallest absolute Gasteiger partial charge is 0.342 e. The lowest BCUT2D eigenvalue weighted by molar-refractivity contribution is 0.0474. The molecule has 0 fully saturated rings. The van der Waals surface area contributed by atoms with Crippen LogP contribution in [0.1, 0.15) is 26.3 Å². The molecule has 0 heterocycles. The summed E-state index contributed by atoms with van der Waals surface area (Å²) in [5.41, 5.74) is 12.3. The Morgan fingerprint density at radius 3 is 2.29 bits per heavy atom. The summed E-state index contributed by atoms with van der Waals surface area (Å²) in [6.07, 6.45) is 0. The predicted molar refractivity (Wildman–Crippen MR) is 92.2 cm³/mol. The Hall–Kier alpha value is -2.44. The normalized spacial score (nSPS) is 10.3. The summed E-state index contributed by atoms with van der Waals surface area (Å²) in [5.74, 6) is -1.38. The van der Waals surface area contributed by atoms with Crippen LogP contribution in [0.4, 0.5) is 11.4 Å². The number of rotatable bonds is 4. The number of carbonyl (C=O) groups excluding carboxylic acids is 2. The minimum Gasteiger partial charge on any atom is -0.465 e. The topological polar surface area (TPSA) is 105 Å². The van der Waals surface area contributed by atoms with Crippen molar-refractivity contribution < 1.29 is 19.1 Å². The van der Waals surface area contributed by atoms with E-state index in [0.29, 0.717) is 5.56 Å². The Morgan fingerprint density at radius 1 is 1.00 bits per heavy atom. The number of carbonyl (C=O) groups is 2. The first-order valence-corrected chi connectivity index (χ1v) is 7.48. The van der Waals surface area contributed by atoms with E-state index in [1.165, 1.54) is 25.3 Å². The van der Waals surface area contributed by atoms with Gasteiger partial charge in [0.1, 0.15) is 17.7 Å². The third-order valence-electron chi connectivity index (χ3n) is 3.25. The van der Waals surface area contributed by atoms with Crippen molar-refractivity contribution in [3.8, 4) is 0 Å². The molecule has 6 nitrogen and oxygen atoms in total. The SMILES string of the molecule is COC(=O)c1c(N)ccc(COC(=O)c2c(N)cccc2Cl)c1Cl. The van der Waals surface area contributed by atoms with E-state index >= 15 is 0 Å². The van der Waals surface area contributed by atoms with Crippen LogP contribution in [0.15, 0.2) is 30.3 Å². The van der Waals surface area contributed by atoms with Gasteiger partial charge in [0.2, 0.25) is 0 Å². The number of esters is 2. The Morgan fingerprint density at radius 2 is 1.67 bits per heavy atom. The summed E-state index contributed by atoms with van der Waals surface area (Å²) in [6, 6.07) is 7.71. The molecule has 2 rings (SSSR count). The molecule has 8 heteroatoms. The summed E-state index contributed by atoms with van der Waals surface area (Å²) in [4.78, 5) is 23.9. The number of halogens is 2. The highest BCUT2D eigenvalue weighted by Gasteiger charge is 2.20. The summed E-state index contributed by atoms with van der Waals surface area (Å²) in [5, 5.41) is 0.237. The third kappa shape index (κ3) is 3.55. The van der Waals surface area contributed by atoms with Crippen molar-refractivity contribution in [2.24, 2.45) is 0 Å². The van der Waals surface area contributed by atoms with Gasteiger partial charge in [-0.3, -0.25) is 0 Å². The van der Waals surface area contributed by atoms with Crippen LogP contribution in [0, 0.1) is 0 Å². The van der Waals surface area contributed by atoms with E-state index in [1.54, 1.807) is 12.1 Å². The van der Waals surface area contributed by atoms with E-state index < -0.39 is 11.9 Å². The Bertz CT molecular complexity index is 789. The first-order valence-electron chi connectivity index (χ1n) is 6.73. The van der Waals surface area contributed by atoms with Gasteiger partial charge in [0, 0.05) is 16.9 Å². The third-order valence-corrected chi connectivity index (χ3v) is 4.00. The van der Waals surface area contributed by atoms with Crippen molar-refractivity contribution in [1.29, 1.82) is 0 Å². The lowest BCUT2D eigenvalue weighted by atomic mass is 10.1. The van der Waals surface area contributed by atoms with Crippen molar-refractivity contribution in [2.75, 3.05) is 18.6 Å². The number of ether oxygens (including phenoxy) is 2. The fourth-order valence-electron chi connectivity index (χ4n) is 2.03. The van der Waals surface area contributed by atoms with E-state index in [9.17, 15) is 9.59 Å². The van der Waals surface area contributed by atoms with Crippen LogP contribution < -0.4 is 11.5 Å². The lowest BCUT2D eigenvalue weighted by Gasteiger charge is -2.12. The maximum absolute atomic E-state index is 12.2. The second-order valence-corrected chi connectivity index (χ2v) is 5.56. The van der Waals surface area contributed by atoms with E-state index in [2.05, 4.69) is 4.74 Å². The number of methoxy groups -OCH3 is 1. The predicted octanol–water partition coefficient (Wildman–Crippen LogP) is 3.30. The number of hydrogen-bond acceptors (Lipinski definition) is 6. The Labute approximate surface area is 148 Å². The van der Waals surface area contributed by atoms with Gasteiger partial charge in [-0.15, -0.1) is 0 Å². The van der Waals surface area contributed by atoms with Crippen molar-refractivity contribution >= 4 is 46.5 Å². The van der Waals surface area contributed by atoms with Gasteiger partial charge in [-0.05, 0) is 18.2 Å². The second-order valence-electron chi connectivity index (χ2n) is 4.77. The highest BCUT2D eigenvalue weighted by Crippen LogP contribution is 2.29. The number of nitrogens with two attached hydrogens (primary N) is 2. The first kappa shape index (κ1) is 17.9. The van der Waals surface area contributed by atoms with Crippen LogP contribution in [-0.2, 0) is 16.1 Å². The molecule has 0 aliphatic rings. The average molecular weight is 369 g/mol. The number of hydrogen-bond donors (Lipinski definition) is 2. The molecule has 0 aliphatic carbocycles. The van der Waals surface area contributed by atoms with Crippen molar-refractivity contribution in [3.63, 3.8) is 0 Å². The summed E-state index contributed by atoms with van der Waals surface area (Å²) in [6.45, 7) is -0.188. The minimum absolute atomic E-state index is 0.0185.